The number of hydrogen-bond donors (Lipinski definition) is 2. The van der Waals surface area contributed by atoms with Crippen molar-refractivity contribution in [2.75, 3.05) is 13.2 Å². The fourth-order valence-corrected chi connectivity index (χ4v) is 2.17. The summed E-state index contributed by atoms with van der Waals surface area (Å²) in [4.78, 5) is 0. The molecule has 0 atom stereocenters. The zero-order valence-corrected chi connectivity index (χ0v) is 11.8. The molecule has 4 nitrogen and oxygen atoms in total. The van der Waals surface area contributed by atoms with E-state index in [4.69, 9.17) is 15.7 Å². The quantitative estimate of drug-likeness (QED) is 0.219. The molecule has 0 aliphatic heterocycles. The lowest BCUT2D eigenvalue weighted by molar-refractivity contribution is 0.102. The van der Waals surface area contributed by atoms with Gasteiger partial charge in [0.2, 0.25) is 0 Å². The van der Waals surface area contributed by atoms with Gasteiger partial charge in [-0.1, -0.05) is 44.7 Å². The number of oxime groups is 1. The second-order valence-electron chi connectivity index (χ2n) is 6.02. The third-order valence-corrected chi connectivity index (χ3v) is 4.04. The Labute approximate surface area is 111 Å². The minimum Gasteiger partial charge on any atom is -0.409 e. The van der Waals surface area contributed by atoms with Crippen molar-refractivity contribution in [3.05, 3.63) is 0 Å². The Kier molecular flexibility index (Phi) is 6.47. The fourth-order valence-electron chi connectivity index (χ4n) is 2.17. The molecule has 1 rings (SSSR count). The Morgan fingerprint density at radius 2 is 2.06 bits per heavy atom. The van der Waals surface area contributed by atoms with E-state index in [-0.39, 0.29) is 5.41 Å². The van der Waals surface area contributed by atoms with Crippen LogP contribution in [0, 0.1) is 11.3 Å². The van der Waals surface area contributed by atoms with Crippen LogP contribution in [0.1, 0.15) is 58.8 Å². The molecule has 0 heterocycles. The van der Waals surface area contributed by atoms with Crippen LogP contribution in [0.3, 0.4) is 0 Å². The van der Waals surface area contributed by atoms with Gasteiger partial charge in [-0.15, -0.1) is 0 Å². The molecule has 0 radical (unpaired) electrons. The molecule has 3 N–H and O–H groups in total. The van der Waals surface area contributed by atoms with Gasteiger partial charge in [0.05, 0.1) is 0 Å². The topological polar surface area (TPSA) is 67.8 Å². The number of nitrogens with two attached hydrogens (primary N) is 1. The molecule has 1 aliphatic rings. The van der Waals surface area contributed by atoms with E-state index < -0.39 is 0 Å². The molecule has 0 saturated heterocycles. The number of amidine groups is 1. The molecule has 0 aromatic heterocycles. The van der Waals surface area contributed by atoms with Crippen LogP contribution < -0.4 is 5.73 Å². The Balaban J connectivity index is 1.94. The summed E-state index contributed by atoms with van der Waals surface area (Å²) in [7, 11) is 0. The first-order valence-corrected chi connectivity index (χ1v) is 7.12. The molecule has 0 bridgehead atoms. The molecule has 1 saturated carbocycles. The van der Waals surface area contributed by atoms with Crippen LogP contribution >= 0.6 is 0 Å². The van der Waals surface area contributed by atoms with Gasteiger partial charge in [0.25, 0.3) is 0 Å². The van der Waals surface area contributed by atoms with Crippen molar-refractivity contribution in [3.8, 4) is 0 Å². The molecule has 0 aromatic carbocycles. The highest BCUT2D eigenvalue weighted by molar-refractivity contribution is 5.85. The van der Waals surface area contributed by atoms with E-state index >= 15 is 0 Å². The van der Waals surface area contributed by atoms with Crippen LogP contribution in [-0.4, -0.2) is 24.3 Å². The van der Waals surface area contributed by atoms with E-state index in [1.54, 1.807) is 0 Å². The minimum absolute atomic E-state index is 0.222. The summed E-state index contributed by atoms with van der Waals surface area (Å²) < 4.78 is 5.63. The van der Waals surface area contributed by atoms with E-state index in [9.17, 15) is 0 Å². The lowest BCUT2D eigenvalue weighted by Gasteiger charge is -2.25. The van der Waals surface area contributed by atoms with Gasteiger partial charge in [0.15, 0.2) is 0 Å². The highest BCUT2D eigenvalue weighted by atomic mass is 16.5. The first kappa shape index (κ1) is 15.3. The number of unbranched alkanes of at least 4 members (excludes halogenated alkanes) is 1. The Bertz CT molecular complexity index is 261. The zero-order chi connectivity index (χ0) is 13.4. The van der Waals surface area contributed by atoms with Crippen LogP contribution in [0.25, 0.3) is 0 Å². The number of hydrogen-bond acceptors (Lipinski definition) is 3. The molecule has 0 aromatic rings. The van der Waals surface area contributed by atoms with Crippen LogP contribution in [0.2, 0.25) is 0 Å². The van der Waals surface area contributed by atoms with Gasteiger partial charge < -0.3 is 15.7 Å². The fraction of sp³-hybridized carbons (Fsp3) is 0.929. The minimum atomic E-state index is -0.222. The van der Waals surface area contributed by atoms with Gasteiger partial charge in [-0.3, -0.25) is 0 Å². The standard InChI is InChI=1S/C14H28N2O2/c1-14(2,13(15)16-17)9-3-4-10-18-11-8-12-6-5-7-12/h12,17H,3-11H2,1-2H3,(H2,15,16). The first-order valence-electron chi connectivity index (χ1n) is 7.12. The first-order chi connectivity index (χ1) is 8.56. The van der Waals surface area contributed by atoms with Crippen molar-refractivity contribution in [2.45, 2.75) is 58.8 Å². The van der Waals surface area contributed by atoms with E-state index in [0.717, 1.165) is 38.4 Å². The van der Waals surface area contributed by atoms with E-state index in [2.05, 4.69) is 5.16 Å². The summed E-state index contributed by atoms with van der Waals surface area (Å²) in [6, 6.07) is 0. The SMILES string of the molecule is CC(C)(CCCCOCCC1CCC1)C(N)=NO. The average Bonchev–Trinajstić information content (AvgIpc) is 2.29. The normalized spacial score (nSPS) is 17.8. The maximum atomic E-state index is 8.66. The maximum Gasteiger partial charge on any atom is 0.144 e. The summed E-state index contributed by atoms with van der Waals surface area (Å²) in [6.45, 7) is 5.74. The Hall–Kier alpha value is -0.770. The van der Waals surface area contributed by atoms with Crippen LogP contribution in [0.4, 0.5) is 0 Å². The highest BCUT2D eigenvalue weighted by Gasteiger charge is 2.22. The summed E-state index contributed by atoms with van der Waals surface area (Å²) in [5.41, 5.74) is 5.42. The highest BCUT2D eigenvalue weighted by Crippen LogP contribution is 2.29. The van der Waals surface area contributed by atoms with E-state index in [1.165, 1.54) is 25.7 Å². The number of nitrogens with zero attached hydrogens (tertiary/aromatic N) is 1. The van der Waals surface area contributed by atoms with E-state index in [0.29, 0.717) is 5.84 Å². The molecule has 1 fully saturated rings. The Morgan fingerprint density at radius 3 is 2.61 bits per heavy atom. The zero-order valence-electron chi connectivity index (χ0n) is 11.8. The van der Waals surface area contributed by atoms with Crippen molar-refractivity contribution in [3.63, 3.8) is 0 Å². The van der Waals surface area contributed by atoms with Gasteiger partial charge in [-0.25, -0.2) is 0 Å². The van der Waals surface area contributed by atoms with Crippen LogP contribution in [-0.2, 0) is 4.74 Å². The van der Waals surface area contributed by atoms with Gasteiger partial charge in [-0.2, -0.15) is 0 Å². The summed E-state index contributed by atoms with van der Waals surface area (Å²) in [5.74, 6) is 1.25. The molecular formula is C14H28N2O2. The maximum absolute atomic E-state index is 8.66. The van der Waals surface area contributed by atoms with Gasteiger partial charge in [0, 0.05) is 18.6 Å². The second-order valence-corrected chi connectivity index (χ2v) is 6.02. The third-order valence-electron chi connectivity index (χ3n) is 4.04. The van der Waals surface area contributed by atoms with Gasteiger partial charge >= 0.3 is 0 Å². The third kappa shape index (κ3) is 5.25. The smallest absolute Gasteiger partial charge is 0.144 e. The lowest BCUT2D eigenvalue weighted by atomic mass is 9.83. The monoisotopic (exact) mass is 256 g/mol. The Morgan fingerprint density at radius 1 is 1.33 bits per heavy atom. The predicted molar refractivity (Wildman–Crippen MR) is 73.8 cm³/mol. The molecule has 4 heteroatoms. The van der Waals surface area contributed by atoms with Gasteiger partial charge in [-0.05, 0) is 25.2 Å². The molecule has 0 unspecified atom stereocenters. The second kappa shape index (κ2) is 7.62. The summed E-state index contributed by atoms with van der Waals surface area (Å²) >= 11 is 0. The van der Waals surface area contributed by atoms with Crippen molar-refractivity contribution >= 4 is 5.84 Å². The van der Waals surface area contributed by atoms with Crippen molar-refractivity contribution in [2.24, 2.45) is 22.2 Å². The number of ether oxygens (including phenoxy) is 1. The summed E-state index contributed by atoms with van der Waals surface area (Å²) in [6.07, 6.45) is 8.46. The van der Waals surface area contributed by atoms with Crippen molar-refractivity contribution in [1.29, 1.82) is 0 Å². The molecule has 106 valence electrons. The predicted octanol–water partition coefficient (Wildman–Crippen LogP) is 3.14. The average molecular weight is 256 g/mol. The van der Waals surface area contributed by atoms with Crippen molar-refractivity contribution in [1.82, 2.24) is 0 Å². The summed E-state index contributed by atoms with van der Waals surface area (Å²) in [5, 5.41) is 11.7. The lowest BCUT2D eigenvalue weighted by Crippen LogP contribution is -2.31. The largest absolute Gasteiger partial charge is 0.409 e. The molecule has 0 spiro atoms. The van der Waals surface area contributed by atoms with Crippen LogP contribution in [0.15, 0.2) is 5.16 Å². The molecule has 0 amide bonds. The van der Waals surface area contributed by atoms with Crippen LogP contribution in [0.5, 0.6) is 0 Å². The van der Waals surface area contributed by atoms with Gasteiger partial charge in [0.1, 0.15) is 5.84 Å². The molecular weight excluding hydrogens is 228 g/mol. The van der Waals surface area contributed by atoms with E-state index in [1.807, 2.05) is 13.8 Å². The molecule has 18 heavy (non-hydrogen) atoms. The number of rotatable bonds is 9. The van der Waals surface area contributed by atoms with Crippen molar-refractivity contribution < 1.29 is 9.94 Å². The molecule has 1 aliphatic carbocycles.